The molecule has 2 atom stereocenters. The van der Waals surface area contributed by atoms with Crippen molar-refractivity contribution < 1.29 is 23.7 Å². The molecule has 1 heterocycles. The predicted molar refractivity (Wildman–Crippen MR) is 89.0 cm³/mol. The van der Waals surface area contributed by atoms with Gasteiger partial charge in [0.15, 0.2) is 17.1 Å². The molecule has 1 aliphatic heterocycles. The largest absolute Gasteiger partial charge is 0.468 e. The quantitative estimate of drug-likeness (QED) is 0.450. The van der Waals surface area contributed by atoms with E-state index in [2.05, 4.69) is 0 Å². The Hall–Kier alpha value is -2.18. The van der Waals surface area contributed by atoms with E-state index in [0.717, 1.165) is 20.0 Å². The number of carbonyl (C=O) groups excluding carboxylic acids is 1. The fourth-order valence-corrected chi connectivity index (χ4v) is 3.26. The Labute approximate surface area is 154 Å². The molecule has 142 valence electrons. The van der Waals surface area contributed by atoms with E-state index in [-0.39, 0.29) is 19.6 Å². The molecular formula is C18H25N3O5. The molecular weight excluding hydrogens is 338 g/mol. The highest BCUT2D eigenvalue weighted by molar-refractivity contribution is 5.83. The van der Waals surface area contributed by atoms with E-state index >= 15 is 0 Å². The van der Waals surface area contributed by atoms with E-state index in [9.17, 15) is 20.6 Å². The fraction of sp³-hybridized carbons (Fsp3) is 0.778. The summed E-state index contributed by atoms with van der Waals surface area (Å²) in [7, 11) is 1.12. The second kappa shape index (κ2) is 10.1. The second-order valence-corrected chi connectivity index (χ2v) is 5.94. The van der Waals surface area contributed by atoms with Crippen LogP contribution in [-0.2, 0) is 23.7 Å². The maximum absolute atomic E-state index is 12.7. The second-order valence-electron chi connectivity index (χ2n) is 5.94. The Morgan fingerprint density at radius 2 is 1.77 bits per heavy atom. The molecule has 1 rings (SSSR count). The third-order valence-corrected chi connectivity index (χ3v) is 4.59. The van der Waals surface area contributed by atoms with E-state index in [1.807, 2.05) is 18.2 Å². The van der Waals surface area contributed by atoms with Gasteiger partial charge in [0, 0.05) is 26.2 Å². The molecule has 8 heteroatoms. The molecule has 1 fully saturated rings. The Balaban J connectivity index is 3.49. The van der Waals surface area contributed by atoms with Crippen LogP contribution < -0.4 is 0 Å². The van der Waals surface area contributed by atoms with Gasteiger partial charge in [-0.05, 0) is 33.1 Å². The zero-order chi connectivity index (χ0) is 19.6. The van der Waals surface area contributed by atoms with Crippen molar-refractivity contribution in [2.75, 3.05) is 26.9 Å². The highest BCUT2D eigenvalue weighted by atomic mass is 16.7. The van der Waals surface area contributed by atoms with Crippen molar-refractivity contribution in [3.63, 3.8) is 0 Å². The summed E-state index contributed by atoms with van der Waals surface area (Å²) in [4.78, 5) is 12.7. The molecule has 8 nitrogen and oxygen atoms in total. The lowest BCUT2D eigenvalue weighted by Gasteiger charge is -2.41. The molecule has 0 N–H and O–H groups in total. The Bertz CT molecular complexity index is 577. The van der Waals surface area contributed by atoms with Crippen molar-refractivity contribution in [3.05, 3.63) is 0 Å². The van der Waals surface area contributed by atoms with Crippen molar-refractivity contribution in [2.45, 2.75) is 51.9 Å². The van der Waals surface area contributed by atoms with Crippen molar-refractivity contribution in [3.8, 4) is 18.2 Å². The minimum absolute atomic E-state index is 0.277. The predicted octanol–water partition coefficient (Wildman–Crippen LogP) is 2.06. The maximum Gasteiger partial charge on any atom is 0.329 e. The van der Waals surface area contributed by atoms with Crippen LogP contribution >= 0.6 is 0 Å². The van der Waals surface area contributed by atoms with Crippen molar-refractivity contribution in [2.24, 2.45) is 10.8 Å². The summed E-state index contributed by atoms with van der Waals surface area (Å²) in [5.74, 6) is -0.971. The van der Waals surface area contributed by atoms with Gasteiger partial charge in [0.25, 0.3) is 0 Å². The van der Waals surface area contributed by atoms with Gasteiger partial charge in [-0.15, -0.1) is 0 Å². The molecule has 0 amide bonds. The lowest BCUT2D eigenvalue weighted by molar-refractivity contribution is -0.184. The first-order chi connectivity index (χ1) is 12.5. The Morgan fingerprint density at radius 1 is 1.15 bits per heavy atom. The van der Waals surface area contributed by atoms with Gasteiger partial charge in [0.05, 0.1) is 31.4 Å². The molecule has 1 saturated heterocycles. The van der Waals surface area contributed by atoms with Crippen LogP contribution in [0.5, 0.6) is 0 Å². The van der Waals surface area contributed by atoms with Gasteiger partial charge in [-0.1, -0.05) is 0 Å². The van der Waals surface area contributed by atoms with E-state index in [0.29, 0.717) is 13.0 Å². The van der Waals surface area contributed by atoms with Crippen LogP contribution in [0.3, 0.4) is 0 Å². The minimum atomic E-state index is -2.11. The summed E-state index contributed by atoms with van der Waals surface area (Å²) >= 11 is 0. The highest BCUT2D eigenvalue weighted by Crippen LogP contribution is 2.49. The fourth-order valence-electron chi connectivity index (χ4n) is 3.26. The van der Waals surface area contributed by atoms with E-state index in [1.165, 1.54) is 0 Å². The normalized spacial score (nSPS) is 19.7. The molecule has 0 aliphatic carbocycles. The van der Waals surface area contributed by atoms with Crippen LogP contribution in [0.2, 0.25) is 0 Å². The number of hydrogen-bond donors (Lipinski definition) is 0. The first-order valence-electron chi connectivity index (χ1n) is 8.68. The summed E-state index contributed by atoms with van der Waals surface area (Å²) < 4.78 is 21.4. The Morgan fingerprint density at radius 3 is 2.15 bits per heavy atom. The van der Waals surface area contributed by atoms with Crippen molar-refractivity contribution >= 4 is 5.97 Å². The standard InChI is InChI=1S/C18H25N3O5/c1-4-24-15(25-5-2)10-17(11-19,16(22)23-3)18(12-20,13-21)14-8-6-7-9-26-14/h14-15H,4-10H2,1-3H3. The lowest BCUT2D eigenvalue weighted by atomic mass is 9.59. The SMILES string of the molecule is CCOC(CC(C#N)(C(=O)OC)C(C#N)(C#N)C1CCCCO1)OCC. The van der Waals surface area contributed by atoms with Crippen molar-refractivity contribution in [1.82, 2.24) is 0 Å². The lowest BCUT2D eigenvalue weighted by Crippen LogP contribution is -2.55. The molecule has 0 aromatic rings. The molecule has 0 spiro atoms. The molecule has 0 aromatic carbocycles. The van der Waals surface area contributed by atoms with E-state index in [1.54, 1.807) is 13.8 Å². The van der Waals surface area contributed by atoms with Gasteiger partial charge < -0.3 is 18.9 Å². The number of nitriles is 3. The number of hydrogen-bond acceptors (Lipinski definition) is 8. The zero-order valence-corrected chi connectivity index (χ0v) is 15.5. The third-order valence-electron chi connectivity index (χ3n) is 4.59. The molecule has 0 saturated carbocycles. The number of ether oxygens (including phenoxy) is 4. The average Bonchev–Trinajstić information content (AvgIpc) is 2.68. The molecule has 26 heavy (non-hydrogen) atoms. The van der Waals surface area contributed by atoms with Crippen LogP contribution in [0, 0.1) is 44.8 Å². The summed E-state index contributed by atoms with van der Waals surface area (Å²) in [6.45, 7) is 4.40. The molecule has 0 aromatic heterocycles. The van der Waals surface area contributed by atoms with Crippen LogP contribution in [0.1, 0.15) is 39.5 Å². The number of methoxy groups -OCH3 is 1. The first-order valence-corrected chi connectivity index (χ1v) is 8.68. The van der Waals surface area contributed by atoms with Crippen LogP contribution in [0.15, 0.2) is 0 Å². The number of esters is 1. The summed E-state index contributed by atoms with van der Waals surface area (Å²) in [5.41, 5.74) is -4.15. The van der Waals surface area contributed by atoms with Crippen LogP contribution in [0.4, 0.5) is 0 Å². The molecule has 0 radical (unpaired) electrons. The summed E-state index contributed by atoms with van der Waals surface area (Å²) in [6, 6.07) is 5.72. The molecule has 0 bridgehead atoms. The smallest absolute Gasteiger partial charge is 0.329 e. The van der Waals surface area contributed by atoms with Gasteiger partial charge in [-0.2, -0.15) is 15.8 Å². The van der Waals surface area contributed by atoms with Gasteiger partial charge >= 0.3 is 5.97 Å². The van der Waals surface area contributed by atoms with Gasteiger partial charge in [-0.3, -0.25) is 4.79 Å². The highest BCUT2D eigenvalue weighted by Gasteiger charge is 2.65. The van der Waals surface area contributed by atoms with E-state index in [4.69, 9.17) is 18.9 Å². The topological polar surface area (TPSA) is 125 Å². The number of rotatable bonds is 9. The van der Waals surface area contributed by atoms with Crippen LogP contribution in [0.25, 0.3) is 0 Å². The molecule has 2 unspecified atom stereocenters. The first kappa shape index (κ1) is 21.9. The van der Waals surface area contributed by atoms with Gasteiger partial charge in [0.1, 0.15) is 0 Å². The monoisotopic (exact) mass is 363 g/mol. The summed E-state index contributed by atoms with van der Waals surface area (Å²) in [6.07, 6.45) is -0.197. The van der Waals surface area contributed by atoms with Crippen molar-refractivity contribution in [1.29, 1.82) is 15.8 Å². The number of carbonyl (C=O) groups is 1. The Kier molecular flexibility index (Phi) is 8.48. The summed E-state index contributed by atoms with van der Waals surface area (Å²) in [5, 5.41) is 29.8. The minimum Gasteiger partial charge on any atom is -0.468 e. The van der Waals surface area contributed by atoms with Gasteiger partial charge in [-0.25, -0.2) is 0 Å². The van der Waals surface area contributed by atoms with E-state index < -0.39 is 29.2 Å². The third kappa shape index (κ3) is 3.97. The average molecular weight is 363 g/mol. The van der Waals surface area contributed by atoms with Crippen LogP contribution in [-0.4, -0.2) is 45.3 Å². The number of nitrogens with zero attached hydrogens (tertiary/aromatic N) is 3. The van der Waals surface area contributed by atoms with Gasteiger partial charge in [0.2, 0.25) is 0 Å². The zero-order valence-electron chi connectivity index (χ0n) is 15.5. The maximum atomic E-state index is 12.7. The molecule has 1 aliphatic rings.